The maximum absolute atomic E-state index is 12.5. The van der Waals surface area contributed by atoms with Crippen LogP contribution >= 0.6 is 0 Å². The van der Waals surface area contributed by atoms with Crippen LogP contribution < -0.4 is 9.61 Å². The molecule has 0 saturated carbocycles. The fourth-order valence-electron chi connectivity index (χ4n) is 2.65. The fourth-order valence-corrected chi connectivity index (χ4v) is 3.61. The number of carbonyl (C=O) groups is 1. The highest BCUT2D eigenvalue weighted by atomic mass is 32.2. The first kappa shape index (κ1) is 22.6. The summed E-state index contributed by atoms with van der Waals surface area (Å²) in [6.45, 7) is 4.03. The minimum Gasteiger partial charge on any atom is -0.378 e. The van der Waals surface area contributed by atoms with Gasteiger partial charge in [0.1, 0.15) is 4.90 Å². The Morgan fingerprint density at radius 3 is 2.45 bits per heavy atom. The van der Waals surface area contributed by atoms with Crippen LogP contribution in [0, 0.1) is 6.92 Å². The van der Waals surface area contributed by atoms with Crippen LogP contribution in [0.4, 0.5) is 0 Å². The molecule has 0 aromatic heterocycles. The molecule has 0 aliphatic carbocycles. The first-order valence-corrected chi connectivity index (χ1v) is 11.3. The second-order valence-corrected chi connectivity index (χ2v) is 8.39. The molecule has 1 amide bonds. The first-order valence-electron chi connectivity index (χ1n) is 9.84. The molecule has 0 aliphatic heterocycles. The second kappa shape index (κ2) is 11.4. The fraction of sp³-hybridized carbons (Fsp3) is 0.364. The number of aryl methyl sites for hydroxylation is 1. The van der Waals surface area contributed by atoms with E-state index in [1.165, 1.54) is 24.8 Å². The van der Waals surface area contributed by atoms with Gasteiger partial charge in [-0.2, -0.15) is 13.5 Å². The zero-order valence-corrected chi connectivity index (χ0v) is 17.7. The quantitative estimate of drug-likeness (QED) is 0.252. The van der Waals surface area contributed by atoms with Crippen molar-refractivity contribution >= 4 is 22.2 Å². The highest BCUT2D eigenvalue weighted by Crippen LogP contribution is 2.22. The minimum atomic E-state index is -3.96. The molecule has 0 fully saturated rings. The summed E-state index contributed by atoms with van der Waals surface area (Å²) in [5.41, 5.74) is 3.88. The molecule has 7 heteroatoms. The lowest BCUT2D eigenvalue weighted by Gasteiger charge is -2.09. The molecule has 2 rings (SSSR count). The number of para-hydroxylation sites is 1. The molecular weight excluding hydrogens is 388 g/mol. The number of rotatable bonds is 11. The molecule has 0 aliphatic rings. The van der Waals surface area contributed by atoms with Gasteiger partial charge in [-0.25, -0.2) is 5.43 Å². The molecule has 0 heterocycles. The van der Waals surface area contributed by atoms with E-state index in [1.807, 2.05) is 6.92 Å². The molecule has 0 radical (unpaired) electrons. The van der Waals surface area contributed by atoms with Crippen LogP contribution in [-0.2, 0) is 14.9 Å². The van der Waals surface area contributed by atoms with E-state index in [1.54, 1.807) is 36.4 Å². The van der Waals surface area contributed by atoms with E-state index < -0.39 is 10.1 Å². The number of unbranched alkanes of at least 4 members (excludes halogenated alkanes) is 4. The van der Waals surface area contributed by atoms with Crippen molar-refractivity contribution in [3.05, 3.63) is 59.7 Å². The summed E-state index contributed by atoms with van der Waals surface area (Å²) in [5, 5.41) is 3.93. The molecule has 0 spiro atoms. The van der Waals surface area contributed by atoms with E-state index in [0.717, 1.165) is 31.2 Å². The standard InChI is InChI=1S/C22H28N2O4S/c1-3-4-5-6-7-12-22(25)24-23-17-19-10-8-9-11-21(19)28-29(26,27)20-15-13-18(2)14-16-20/h8-11,13-17H,3-7,12H2,1-2H3,(H,24,25). The molecule has 2 aromatic carbocycles. The number of nitrogens with zero attached hydrogens (tertiary/aromatic N) is 1. The monoisotopic (exact) mass is 416 g/mol. The molecule has 29 heavy (non-hydrogen) atoms. The van der Waals surface area contributed by atoms with Gasteiger partial charge in [-0.15, -0.1) is 0 Å². The maximum atomic E-state index is 12.5. The van der Waals surface area contributed by atoms with E-state index in [9.17, 15) is 13.2 Å². The molecule has 0 atom stereocenters. The van der Waals surface area contributed by atoms with Gasteiger partial charge < -0.3 is 4.18 Å². The summed E-state index contributed by atoms with van der Waals surface area (Å²) < 4.78 is 30.3. The van der Waals surface area contributed by atoms with Crippen molar-refractivity contribution in [2.45, 2.75) is 57.3 Å². The average Bonchev–Trinajstić information content (AvgIpc) is 2.69. The lowest BCUT2D eigenvalue weighted by Crippen LogP contribution is -2.17. The van der Waals surface area contributed by atoms with E-state index in [4.69, 9.17) is 4.18 Å². The van der Waals surface area contributed by atoms with Gasteiger partial charge in [-0.05, 0) is 37.6 Å². The van der Waals surface area contributed by atoms with Crippen LogP contribution in [0.5, 0.6) is 5.75 Å². The summed E-state index contributed by atoms with van der Waals surface area (Å²) >= 11 is 0. The Morgan fingerprint density at radius 2 is 1.72 bits per heavy atom. The topological polar surface area (TPSA) is 84.8 Å². The Kier molecular flexibility index (Phi) is 8.86. The predicted octanol–water partition coefficient (Wildman–Crippen LogP) is 4.57. The normalized spacial score (nSPS) is 11.5. The third-order valence-corrected chi connectivity index (χ3v) is 5.58. The van der Waals surface area contributed by atoms with Gasteiger partial charge in [-0.1, -0.05) is 62.4 Å². The van der Waals surface area contributed by atoms with Gasteiger partial charge >= 0.3 is 10.1 Å². The van der Waals surface area contributed by atoms with Gasteiger partial charge in [-0.3, -0.25) is 4.79 Å². The molecule has 0 unspecified atom stereocenters. The number of benzene rings is 2. The number of amides is 1. The van der Waals surface area contributed by atoms with Crippen molar-refractivity contribution in [1.29, 1.82) is 0 Å². The van der Waals surface area contributed by atoms with E-state index in [0.29, 0.717) is 12.0 Å². The van der Waals surface area contributed by atoms with Crippen LogP contribution in [-0.4, -0.2) is 20.5 Å². The van der Waals surface area contributed by atoms with E-state index >= 15 is 0 Å². The maximum Gasteiger partial charge on any atom is 0.339 e. The summed E-state index contributed by atoms with van der Waals surface area (Å²) in [7, 11) is -3.96. The molecule has 0 saturated heterocycles. The Labute approximate surface area is 173 Å². The molecule has 1 N–H and O–H groups in total. The van der Waals surface area contributed by atoms with E-state index in [2.05, 4.69) is 17.5 Å². The molecule has 6 nitrogen and oxygen atoms in total. The van der Waals surface area contributed by atoms with Gasteiger partial charge in [0.15, 0.2) is 5.75 Å². The second-order valence-electron chi connectivity index (χ2n) is 6.85. The van der Waals surface area contributed by atoms with Crippen molar-refractivity contribution < 1.29 is 17.4 Å². The van der Waals surface area contributed by atoms with Crippen molar-refractivity contribution in [1.82, 2.24) is 5.43 Å². The van der Waals surface area contributed by atoms with Crippen LogP contribution in [0.15, 0.2) is 58.5 Å². The van der Waals surface area contributed by atoms with Crippen molar-refractivity contribution in [3.8, 4) is 5.75 Å². The lowest BCUT2D eigenvalue weighted by atomic mass is 10.1. The Hall–Kier alpha value is -2.67. The predicted molar refractivity (Wildman–Crippen MR) is 115 cm³/mol. The van der Waals surface area contributed by atoms with Crippen LogP contribution in [0.1, 0.15) is 56.6 Å². The summed E-state index contributed by atoms with van der Waals surface area (Å²) in [6, 6.07) is 13.0. The third-order valence-electron chi connectivity index (χ3n) is 4.33. The smallest absolute Gasteiger partial charge is 0.339 e. The highest BCUT2D eigenvalue weighted by molar-refractivity contribution is 7.87. The molecule has 156 valence electrons. The summed E-state index contributed by atoms with van der Waals surface area (Å²) in [6.07, 6.45) is 7.14. The van der Waals surface area contributed by atoms with Crippen molar-refractivity contribution in [2.75, 3.05) is 0 Å². The van der Waals surface area contributed by atoms with Crippen molar-refractivity contribution in [3.63, 3.8) is 0 Å². The zero-order chi connectivity index (χ0) is 21.1. The zero-order valence-electron chi connectivity index (χ0n) is 16.9. The van der Waals surface area contributed by atoms with Gasteiger partial charge in [0, 0.05) is 12.0 Å². The Morgan fingerprint density at radius 1 is 1.03 bits per heavy atom. The lowest BCUT2D eigenvalue weighted by molar-refractivity contribution is -0.121. The van der Waals surface area contributed by atoms with Crippen LogP contribution in [0.25, 0.3) is 0 Å². The van der Waals surface area contributed by atoms with Gasteiger partial charge in [0.05, 0.1) is 6.21 Å². The number of carbonyl (C=O) groups excluding carboxylic acids is 1. The van der Waals surface area contributed by atoms with E-state index in [-0.39, 0.29) is 16.6 Å². The summed E-state index contributed by atoms with van der Waals surface area (Å²) in [5.74, 6) is -0.0194. The van der Waals surface area contributed by atoms with Crippen molar-refractivity contribution in [2.24, 2.45) is 5.10 Å². The molecular formula is C22H28N2O4S. The minimum absolute atomic E-state index is 0.0752. The van der Waals surface area contributed by atoms with Crippen LogP contribution in [0.2, 0.25) is 0 Å². The Bertz CT molecular complexity index is 922. The van der Waals surface area contributed by atoms with Gasteiger partial charge in [0.25, 0.3) is 0 Å². The highest BCUT2D eigenvalue weighted by Gasteiger charge is 2.17. The molecule has 2 aromatic rings. The third kappa shape index (κ3) is 7.69. The average molecular weight is 417 g/mol. The number of nitrogens with one attached hydrogen (secondary N) is 1. The van der Waals surface area contributed by atoms with Crippen LogP contribution in [0.3, 0.4) is 0 Å². The molecule has 0 bridgehead atoms. The largest absolute Gasteiger partial charge is 0.378 e. The van der Waals surface area contributed by atoms with Gasteiger partial charge in [0.2, 0.25) is 5.91 Å². The Balaban J connectivity index is 1.97. The number of hydrogen-bond acceptors (Lipinski definition) is 5. The first-order chi connectivity index (χ1) is 13.9. The number of hydrogen-bond donors (Lipinski definition) is 1. The summed E-state index contributed by atoms with van der Waals surface area (Å²) in [4.78, 5) is 11.9. The SMILES string of the molecule is CCCCCCCC(=O)NN=Cc1ccccc1OS(=O)(=O)c1ccc(C)cc1. The number of hydrazone groups is 1.